The molecule has 0 saturated heterocycles. The Bertz CT molecular complexity index is 445. The fourth-order valence-electron chi connectivity index (χ4n) is 0.872. The quantitative estimate of drug-likeness (QED) is 0.840. The van der Waals surface area contributed by atoms with Crippen molar-refractivity contribution in [1.29, 1.82) is 0 Å². The molecule has 1 aromatic carbocycles. The van der Waals surface area contributed by atoms with Crippen molar-refractivity contribution in [3.8, 4) is 0 Å². The molecular weight excluding hydrogens is 290 g/mol. The maximum Gasteiger partial charge on any atom is 0.244 e. The van der Waals surface area contributed by atoms with Crippen molar-refractivity contribution in [3.63, 3.8) is 0 Å². The lowest BCUT2D eigenvalue weighted by Crippen LogP contribution is -2.22. The molecule has 0 bridgehead atoms. The highest BCUT2D eigenvalue weighted by Crippen LogP contribution is 2.26. The fraction of sp³-hybridized carbons (Fsp3) is 0.250. The van der Waals surface area contributed by atoms with Gasteiger partial charge in [0, 0.05) is 18.6 Å². The van der Waals surface area contributed by atoms with E-state index in [1.165, 1.54) is 20.2 Å². The van der Waals surface area contributed by atoms with E-state index in [4.69, 9.17) is 11.6 Å². The molecule has 0 amide bonds. The minimum absolute atomic E-state index is 0.110. The summed E-state index contributed by atoms with van der Waals surface area (Å²) < 4.78 is 25.3. The van der Waals surface area contributed by atoms with Crippen LogP contribution in [0.3, 0.4) is 0 Å². The zero-order chi connectivity index (χ0) is 10.9. The van der Waals surface area contributed by atoms with Crippen LogP contribution in [0.2, 0.25) is 5.02 Å². The van der Waals surface area contributed by atoms with E-state index in [-0.39, 0.29) is 9.92 Å². The highest BCUT2D eigenvalue weighted by atomic mass is 79.9. The van der Waals surface area contributed by atoms with Crippen molar-refractivity contribution in [2.45, 2.75) is 4.90 Å². The molecule has 78 valence electrons. The van der Waals surface area contributed by atoms with Crippen LogP contribution in [-0.4, -0.2) is 26.8 Å². The van der Waals surface area contributed by atoms with Gasteiger partial charge in [-0.25, -0.2) is 12.7 Å². The minimum atomic E-state index is -3.46. The average molecular weight is 299 g/mol. The van der Waals surface area contributed by atoms with Crippen molar-refractivity contribution in [2.24, 2.45) is 0 Å². The van der Waals surface area contributed by atoms with Gasteiger partial charge in [-0.3, -0.25) is 0 Å². The predicted molar refractivity (Wildman–Crippen MR) is 60.0 cm³/mol. The van der Waals surface area contributed by atoms with Gasteiger partial charge in [0.05, 0.1) is 5.02 Å². The second-order valence-electron chi connectivity index (χ2n) is 2.86. The van der Waals surface area contributed by atoms with Crippen LogP contribution in [0, 0.1) is 0 Å². The molecule has 0 spiro atoms. The Hall–Kier alpha value is -0.100. The molecule has 0 aliphatic heterocycles. The standard InChI is InChI=1S/C8H9BrClNO2S/c1-11(2)14(12,13)8-5-6(9)3-4-7(8)10/h3-5H,1-2H3. The van der Waals surface area contributed by atoms with Gasteiger partial charge >= 0.3 is 0 Å². The second-order valence-corrected chi connectivity index (χ2v) is 6.31. The van der Waals surface area contributed by atoms with E-state index in [9.17, 15) is 8.42 Å². The smallest absolute Gasteiger partial charge is 0.207 e. The summed E-state index contributed by atoms with van der Waals surface area (Å²) >= 11 is 8.99. The van der Waals surface area contributed by atoms with Crippen molar-refractivity contribution >= 4 is 37.6 Å². The number of benzene rings is 1. The van der Waals surface area contributed by atoms with Gasteiger partial charge in [-0.1, -0.05) is 27.5 Å². The zero-order valence-corrected chi connectivity index (χ0v) is 10.8. The minimum Gasteiger partial charge on any atom is -0.207 e. The highest BCUT2D eigenvalue weighted by molar-refractivity contribution is 9.10. The Kier molecular flexibility index (Phi) is 3.58. The average Bonchev–Trinajstić information content (AvgIpc) is 2.08. The Morgan fingerprint density at radius 2 is 1.93 bits per heavy atom. The van der Waals surface area contributed by atoms with E-state index >= 15 is 0 Å². The molecule has 0 aromatic heterocycles. The van der Waals surface area contributed by atoms with Crippen LogP contribution < -0.4 is 0 Å². The highest BCUT2D eigenvalue weighted by Gasteiger charge is 2.20. The Balaban J connectivity index is 3.40. The Morgan fingerprint density at radius 1 is 1.36 bits per heavy atom. The molecule has 0 aliphatic carbocycles. The van der Waals surface area contributed by atoms with E-state index in [0.29, 0.717) is 4.47 Å². The third kappa shape index (κ3) is 2.28. The van der Waals surface area contributed by atoms with E-state index in [1.54, 1.807) is 12.1 Å². The van der Waals surface area contributed by atoms with Gasteiger partial charge in [-0.2, -0.15) is 0 Å². The molecule has 1 rings (SSSR count). The maximum absolute atomic E-state index is 11.7. The molecule has 0 radical (unpaired) electrons. The molecule has 0 unspecified atom stereocenters. The van der Waals surface area contributed by atoms with Gasteiger partial charge in [-0.15, -0.1) is 0 Å². The first-order chi connectivity index (χ1) is 6.35. The molecule has 0 atom stereocenters. The van der Waals surface area contributed by atoms with Crippen LogP contribution in [0.4, 0.5) is 0 Å². The summed E-state index contributed by atoms with van der Waals surface area (Å²) in [7, 11) is -0.529. The lowest BCUT2D eigenvalue weighted by atomic mass is 10.4. The van der Waals surface area contributed by atoms with E-state index < -0.39 is 10.0 Å². The summed E-state index contributed by atoms with van der Waals surface area (Å²) in [5, 5.41) is 0.224. The zero-order valence-electron chi connectivity index (χ0n) is 7.66. The van der Waals surface area contributed by atoms with Crippen molar-refractivity contribution in [2.75, 3.05) is 14.1 Å². The Labute approximate surface area is 96.9 Å². The first kappa shape index (κ1) is 12.0. The van der Waals surface area contributed by atoms with E-state index in [0.717, 1.165) is 4.31 Å². The molecule has 0 heterocycles. The third-order valence-electron chi connectivity index (χ3n) is 1.65. The number of rotatable bonds is 2. The van der Waals surface area contributed by atoms with E-state index in [2.05, 4.69) is 15.9 Å². The summed E-state index contributed by atoms with van der Waals surface area (Å²) in [6.45, 7) is 0. The number of hydrogen-bond donors (Lipinski definition) is 0. The SMILES string of the molecule is CN(C)S(=O)(=O)c1cc(Br)ccc1Cl. The number of sulfonamides is 1. The molecular formula is C8H9BrClNO2S. The third-order valence-corrected chi connectivity index (χ3v) is 4.44. The lowest BCUT2D eigenvalue weighted by Gasteiger charge is -2.12. The van der Waals surface area contributed by atoms with Crippen LogP contribution in [0.1, 0.15) is 0 Å². The molecule has 1 aromatic rings. The molecule has 0 N–H and O–H groups in total. The molecule has 0 saturated carbocycles. The summed E-state index contributed by atoms with van der Waals surface area (Å²) in [5.74, 6) is 0. The van der Waals surface area contributed by atoms with Gasteiger partial charge in [0.15, 0.2) is 0 Å². The first-order valence-electron chi connectivity index (χ1n) is 3.73. The maximum atomic E-state index is 11.7. The van der Waals surface area contributed by atoms with Crippen molar-refractivity contribution in [3.05, 3.63) is 27.7 Å². The number of hydrogen-bond acceptors (Lipinski definition) is 2. The summed E-state index contributed by atoms with van der Waals surface area (Å²) in [5.41, 5.74) is 0. The molecule has 0 fully saturated rings. The summed E-state index contributed by atoms with van der Waals surface area (Å²) in [6, 6.07) is 4.72. The van der Waals surface area contributed by atoms with Gasteiger partial charge in [0.25, 0.3) is 0 Å². The lowest BCUT2D eigenvalue weighted by molar-refractivity contribution is 0.521. The van der Waals surface area contributed by atoms with Crippen LogP contribution in [-0.2, 0) is 10.0 Å². The van der Waals surface area contributed by atoms with Crippen LogP contribution in [0.5, 0.6) is 0 Å². The first-order valence-corrected chi connectivity index (χ1v) is 6.34. The molecule has 0 aliphatic rings. The van der Waals surface area contributed by atoms with Crippen molar-refractivity contribution < 1.29 is 8.42 Å². The Morgan fingerprint density at radius 3 is 2.43 bits per heavy atom. The van der Waals surface area contributed by atoms with Crippen LogP contribution >= 0.6 is 27.5 Å². The van der Waals surface area contributed by atoms with Gasteiger partial charge in [0.1, 0.15) is 4.90 Å². The number of nitrogens with zero attached hydrogens (tertiary/aromatic N) is 1. The fourth-order valence-corrected chi connectivity index (χ4v) is 2.78. The number of halogens is 2. The second kappa shape index (κ2) is 4.18. The largest absolute Gasteiger partial charge is 0.244 e. The summed E-state index contributed by atoms with van der Waals surface area (Å²) in [6.07, 6.45) is 0. The van der Waals surface area contributed by atoms with E-state index in [1.807, 2.05) is 0 Å². The topological polar surface area (TPSA) is 37.4 Å². The molecule has 14 heavy (non-hydrogen) atoms. The van der Waals surface area contributed by atoms with Gasteiger partial charge in [0.2, 0.25) is 10.0 Å². The predicted octanol–water partition coefficient (Wildman–Crippen LogP) is 2.35. The van der Waals surface area contributed by atoms with Crippen molar-refractivity contribution in [1.82, 2.24) is 4.31 Å². The van der Waals surface area contributed by atoms with Crippen LogP contribution in [0.25, 0.3) is 0 Å². The summed E-state index contributed by atoms with van der Waals surface area (Å²) in [4.78, 5) is 0.110. The van der Waals surface area contributed by atoms with Gasteiger partial charge in [-0.05, 0) is 18.2 Å². The molecule has 3 nitrogen and oxygen atoms in total. The van der Waals surface area contributed by atoms with Crippen LogP contribution in [0.15, 0.2) is 27.6 Å². The molecule has 6 heteroatoms. The monoisotopic (exact) mass is 297 g/mol. The normalized spacial score (nSPS) is 12.1. The van der Waals surface area contributed by atoms with Gasteiger partial charge < -0.3 is 0 Å².